The number of halogens is 2. The normalized spacial score (nSPS) is 20.2. The van der Waals surface area contributed by atoms with Crippen LogP contribution in [-0.4, -0.2) is 56.7 Å². The van der Waals surface area contributed by atoms with E-state index in [1.807, 2.05) is 9.80 Å². The Balaban J connectivity index is 1.51. The minimum absolute atomic E-state index is 0.123. The van der Waals surface area contributed by atoms with Gasteiger partial charge in [0.1, 0.15) is 17.2 Å². The minimum Gasteiger partial charge on any atom is -0.440 e. The van der Waals surface area contributed by atoms with Crippen LogP contribution in [0.4, 0.5) is 20.4 Å². The molecule has 2 aromatic carbocycles. The summed E-state index contributed by atoms with van der Waals surface area (Å²) < 4.78 is 40.0. The highest BCUT2D eigenvalue weighted by atomic mass is 19.1. The molecule has 1 amide bonds. The number of likely N-dealkylation sites (tertiary alicyclic amines) is 1. The van der Waals surface area contributed by atoms with E-state index >= 15 is 0 Å². The molecule has 1 aromatic heterocycles. The third-order valence-electron chi connectivity index (χ3n) is 7.35. The number of fused-ring (bicyclic) bond motifs is 1. The van der Waals surface area contributed by atoms with Crippen LogP contribution < -0.4 is 15.2 Å². The number of benzene rings is 2. The van der Waals surface area contributed by atoms with Crippen molar-refractivity contribution >= 4 is 28.4 Å². The molecule has 0 bridgehead atoms. The first kappa shape index (κ1) is 23.0. The highest BCUT2D eigenvalue weighted by Gasteiger charge is 2.32. The van der Waals surface area contributed by atoms with Gasteiger partial charge < -0.3 is 23.9 Å². The quantitative estimate of drug-likeness (QED) is 0.543. The fraction of sp³-hybridized carbons (Fsp3) is 0.407. The van der Waals surface area contributed by atoms with E-state index < -0.39 is 11.6 Å². The minimum atomic E-state index is -0.650. The van der Waals surface area contributed by atoms with Gasteiger partial charge in [0.2, 0.25) is 0 Å². The summed E-state index contributed by atoms with van der Waals surface area (Å²) in [5.74, 6) is -0.964. The van der Waals surface area contributed by atoms with E-state index in [2.05, 4.69) is 0 Å². The van der Waals surface area contributed by atoms with Crippen molar-refractivity contribution in [2.24, 2.45) is 0 Å². The predicted molar refractivity (Wildman–Crippen MR) is 132 cm³/mol. The van der Waals surface area contributed by atoms with Crippen molar-refractivity contribution in [3.63, 3.8) is 0 Å². The summed E-state index contributed by atoms with van der Waals surface area (Å²) in [7, 11) is 0. The lowest BCUT2D eigenvalue weighted by atomic mass is 9.97. The molecule has 3 saturated heterocycles. The van der Waals surface area contributed by atoms with Gasteiger partial charge in [-0.2, -0.15) is 0 Å². The summed E-state index contributed by atoms with van der Waals surface area (Å²) in [6.07, 6.45) is 2.45. The van der Waals surface area contributed by atoms with Crippen molar-refractivity contribution < 1.29 is 22.7 Å². The van der Waals surface area contributed by atoms with Gasteiger partial charge in [0, 0.05) is 61.7 Å². The van der Waals surface area contributed by atoms with Gasteiger partial charge in [0.25, 0.3) is 5.91 Å². The van der Waals surface area contributed by atoms with Gasteiger partial charge in [-0.3, -0.25) is 9.59 Å². The maximum atomic E-state index is 14.1. The van der Waals surface area contributed by atoms with E-state index in [-0.39, 0.29) is 17.4 Å². The van der Waals surface area contributed by atoms with Crippen molar-refractivity contribution in [1.29, 1.82) is 0 Å². The van der Waals surface area contributed by atoms with E-state index in [4.69, 9.17) is 9.15 Å². The van der Waals surface area contributed by atoms with Crippen LogP contribution in [0.15, 0.2) is 45.6 Å². The number of morpholine rings is 1. The number of ether oxygens (including phenoxy) is 1. The van der Waals surface area contributed by atoms with Gasteiger partial charge in [0.15, 0.2) is 11.3 Å². The van der Waals surface area contributed by atoms with Gasteiger partial charge in [-0.25, -0.2) is 8.78 Å². The SMILES string of the molecule is O=C(c1cc([C@H]2CCCN2c2cc(F)cc(F)c2)c2oc(N3CCOCC3)cc(=O)c2c1)N1CCC1. The average Bonchev–Trinajstić information content (AvgIpc) is 3.32. The Labute approximate surface area is 206 Å². The zero-order chi connectivity index (χ0) is 24.8. The van der Waals surface area contributed by atoms with E-state index in [1.165, 1.54) is 18.2 Å². The number of carbonyl (C=O) groups is 1. The van der Waals surface area contributed by atoms with Gasteiger partial charge >= 0.3 is 0 Å². The summed E-state index contributed by atoms with van der Waals surface area (Å²) in [6, 6.07) is 8.07. The van der Waals surface area contributed by atoms with Gasteiger partial charge in [-0.1, -0.05) is 0 Å². The molecule has 7 nitrogen and oxygen atoms in total. The van der Waals surface area contributed by atoms with Crippen molar-refractivity contribution in [2.75, 3.05) is 55.7 Å². The molecule has 0 aliphatic carbocycles. The summed E-state index contributed by atoms with van der Waals surface area (Å²) in [6.45, 7) is 4.26. The predicted octanol–water partition coefficient (Wildman–Crippen LogP) is 4.10. The number of carbonyl (C=O) groups excluding carboxylic acids is 1. The summed E-state index contributed by atoms with van der Waals surface area (Å²) in [4.78, 5) is 32.1. The molecule has 3 aromatic rings. The largest absolute Gasteiger partial charge is 0.440 e. The molecule has 1 atom stereocenters. The molecule has 6 rings (SSSR count). The lowest BCUT2D eigenvalue weighted by Gasteiger charge is -2.32. The fourth-order valence-electron chi connectivity index (χ4n) is 5.39. The van der Waals surface area contributed by atoms with E-state index in [9.17, 15) is 18.4 Å². The smallest absolute Gasteiger partial charge is 0.253 e. The molecule has 0 N–H and O–H groups in total. The van der Waals surface area contributed by atoms with Gasteiger partial charge in [-0.05, 0) is 43.5 Å². The van der Waals surface area contributed by atoms with Crippen molar-refractivity contribution in [2.45, 2.75) is 25.3 Å². The molecule has 3 aliphatic heterocycles. The molecular weight excluding hydrogens is 468 g/mol. The van der Waals surface area contributed by atoms with Gasteiger partial charge in [-0.15, -0.1) is 0 Å². The first-order valence-electron chi connectivity index (χ1n) is 12.4. The van der Waals surface area contributed by atoms with Crippen molar-refractivity contribution in [1.82, 2.24) is 4.90 Å². The standard InChI is InChI=1S/C27H27F2N3O4/c28-18-13-19(29)15-20(14-18)32-6-1-3-23(32)21-11-17(27(34)31-4-2-5-31)12-22-24(33)16-25(36-26(21)22)30-7-9-35-10-8-30/h11-16,23H,1-10H2/t23-/m1/s1. The second-order valence-electron chi connectivity index (χ2n) is 9.62. The van der Waals surface area contributed by atoms with E-state index in [0.29, 0.717) is 86.0 Å². The average molecular weight is 496 g/mol. The van der Waals surface area contributed by atoms with E-state index in [1.54, 1.807) is 17.0 Å². The molecule has 0 saturated carbocycles. The van der Waals surface area contributed by atoms with Crippen LogP contribution in [0.2, 0.25) is 0 Å². The zero-order valence-corrected chi connectivity index (χ0v) is 19.8. The Morgan fingerprint density at radius 2 is 1.64 bits per heavy atom. The molecule has 9 heteroatoms. The maximum Gasteiger partial charge on any atom is 0.253 e. The molecule has 3 aliphatic rings. The molecule has 0 spiro atoms. The number of hydrogen-bond donors (Lipinski definition) is 0. The first-order chi connectivity index (χ1) is 17.5. The molecule has 0 radical (unpaired) electrons. The molecular formula is C27H27F2N3O4. The summed E-state index contributed by atoms with van der Waals surface area (Å²) in [5.41, 5.74) is 1.73. The monoisotopic (exact) mass is 495 g/mol. The molecule has 3 fully saturated rings. The highest BCUT2D eigenvalue weighted by molar-refractivity contribution is 5.99. The third-order valence-corrected chi connectivity index (χ3v) is 7.35. The van der Waals surface area contributed by atoms with Crippen molar-refractivity contribution in [3.8, 4) is 0 Å². The molecule has 0 unspecified atom stereocenters. The van der Waals surface area contributed by atoms with E-state index in [0.717, 1.165) is 18.9 Å². The molecule has 188 valence electrons. The summed E-state index contributed by atoms with van der Waals surface area (Å²) in [5, 5.41) is 0.339. The number of nitrogens with zero attached hydrogens (tertiary/aromatic N) is 3. The second kappa shape index (κ2) is 9.20. The Bertz CT molecular complexity index is 1360. The number of hydrogen-bond acceptors (Lipinski definition) is 6. The maximum absolute atomic E-state index is 14.1. The topological polar surface area (TPSA) is 66.2 Å². The molecule has 4 heterocycles. The lowest BCUT2D eigenvalue weighted by molar-refractivity contribution is 0.0652. The highest BCUT2D eigenvalue weighted by Crippen LogP contribution is 2.40. The van der Waals surface area contributed by atoms with Gasteiger partial charge in [0.05, 0.1) is 24.6 Å². The number of anilines is 2. The van der Waals surface area contributed by atoms with Crippen LogP contribution in [-0.2, 0) is 4.74 Å². The van der Waals surface area contributed by atoms with Crippen molar-refractivity contribution in [3.05, 3.63) is 69.4 Å². The van der Waals surface area contributed by atoms with Crippen LogP contribution in [0, 0.1) is 11.6 Å². The van der Waals surface area contributed by atoms with Crippen LogP contribution in [0.3, 0.4) is 0 Å². The molecule has 36 heavy (non-hydrogen) atoms. The first-order valence-corrected chi connectivity index (χ1v) is 12.4. The Kier molecular flexibility index (Phi) is 5.87. The zero-order valence-electron chi connectivity index (χ0n) is 19.8. The summed E-state index contributed by atoms with van der Waals surface area (Å²) >= 11 is 0. The third kappa shape index (κ3) is 4.11. The Morgan fingerprint density at radius 3 is 2.33 bits per heavy atom. The van der Waals surface area contributed by atoms with Crippen LogP contribution in [0.25, 0.3) is 11.0 Å². The number of rotatable bonds is 4. The second-order valence-corrected chi connectivity index (χ2v) is 9.62. The van der Waals surface area contributed by atoms with Crippen LogP contribution in [0.1, 0.15) is 41.2 Å². The number of amides is 1. The Morgan fingerprint density at radius 1 is 0.889 bits per heavy atom. The Hall–Kier alpha value is -3.46. The van der Waals surface area contributed by atoms with Crippen LogP contribution in [0.5, 0.6) is 0 Å². The fourth-order valence-corrected chi connectivity index (χ4v) is 5.39. The lowest BCUT2D eigenvalue weighted by Crippen LogP contribution is -2.42. The van der Waals surface area contributed by atoms with Crippen LogP contribution >= 0.6 is 0 Å².